The first-order valence-corrected chi connectivity index (χ1v) is 11.3. The van der Waals surface area contributed by atoms with E-state index in [-0.39, 0.29) is 24.3 Å². The predicted molar refractivity (Wildman–Crippen MR) is 125 cm³/mol. The molecule has 1 aromatic heterocycles. The van der Waals surface area contributed by atoms with Crippen molar-refractivity contribution in [3.8, 4) is 5.75 Å². The molecule has 0 saturated heterocycles. The molecule has 2 aromatic carbocycles. The fourth-order valence-corrected chi connectivity index (χ4v) is 4.18. The number of amides is 2. The number of carbonyl (C=O) groups excluding carboxylic acids is 2. The van der Waals surface area contributed by atoms with Crippen LogP contribution in [0.1, 0.15) is 31.5 Å². The molecule has 168 valence electrons. The Morgan fingerprint density at radius 3 is 2.66 bits per heavy atom. The molecular weight excluding hydrogens is 428 g/mol. The van der Waals surface area contributed by atoms with Gasteiger partial charge in [-0.2, -0.15) is 0 Å². The van der Waals surface area contributed by atoms with Crippen LogP contribution >= 0.6 is 11.6 Å². The minimum absolute atomic E-state index is 0.103. The van der Waals surface area contributed by atoms with Crippen molar-refractivity contribution >= 4 is 40.1 Å². The molecule has 7 nitrogen and oxygen atoms in total. The molecule has 1 fully saturated rings. The molecule has 1 heterocycles. The normalized spacial score (nSPS) is 13.9. The van der Waals surface area contributed by atoms with Crippen LogP contribution in [0, 0.1) is 5.92 Å². The van der Waals surface area contributed by atoms with Gasteiger partial charge < -0.3 is 19.9 Å². The summed E-state index contributed by atoms with van der Waals surface area (Å²) in [7, 11) is 1.96. The largest absolute Gasteiger partial charge is 0.484 e. The number of hydrogen-bond acceptors (Lipinski definition) is 4. The van der Waals surface area contributed by atoms with Crippen molar-refractivity contribution in [1.82, 2.24) is 14.9 Å². The van der Waals surface area contributed by atoms with Crippen LogP contribution in [0.15, 0.2) is 42.5 Å². The van der Waals surface area contributed by atoms with Gasteiger partial charge in [0.2, 0.25) is 5.91 Å². The second-order valence-electron chi connectivity index (χ2n) is 8.10. The SMILES string of the molecule is Cn1c(CCNC(=O)C2CCCC2)nc2cc(NC(=O)COc3ccc(Cl)cc3)ccc21. The highest BCUT2D eigenvalue weighted by Gasteiger charge is 2.22. The van der Waals surface area contributed by atoms with Gasteiger partial charge in [-0.05, 0) is 55.3 Å². The fraction of sp³-hybridized carbons (Fsp3) is 0.375. The summed E-state index contributed by atoms with van der Waals surface area (Å²) in [5.74, 6) is 1.54. The third-order valence-electron chi connectivity index (χ3n) is 5.81. The van der Waals surface area contributed by atoms with Gasteiger partial charge in [0, 0.05) is 36.6 Å². The summed E-state index contributed by atoms with van der Waals surface area (Å²) >= 11 is 5.85. The predicted octanol–water partition coefficient (Wildman–Crippen LogP) is 4.09. The number of imidazole rings is 1. The number of aryl methyl sites for hydroxylation is 1. The molecule has 3 aromatic rings. The standard InChI is InChI=1S/C24H27ClN4O3/c1-29-21-11-8-18(27-23(30)15-32-19-9-6-17(25)7-10-19)14-20(21)28-22(29)12-13-26-24(31)16-4-2-3-5-16/h6-11,14,16H,2-5,12-13,15H2,1H3,(H,26,31)(H,27,30). The van der Waals surface area contributed by atoms with Crippen LogP contribution in [0.3, 0.4) is 0 Å². The number of benzene rings is 2. The zero-order chi connectivity index (χ0) is 22.5. The van der Waals surface area contributed by atoms with Crippen LogP contribution in [0.2, 0.25) is 5.02 Å². The van der Waals surface area contributed by atoms with Crippen LogP contribution < -0.4 is 15.4 Å². The average Bonchev–Trinajstić information content (AvgIpc) is 3.42. The number of nitrogens with zero attached hydrogens (tertiary/aromatic N) is 2. The minimum Gasteiger partial charge on any atom is -0.484 e. The van der Waals surface area contributed by atoms with Crippen molar-refractivity contribution in [2.24, 2.45) is 13.0 Å². The maximum absolute atomic E-state index is 12.2. The van der Waals surface area contributed by atoms with Crippen LogP contribution in [0.25, 0.3) is 11.0 Å². The molecule has 32 heavy (non-hydrogen) atoms. The first-order chi connectivity index (χ1) is 15.5. The number of rotatable bonds is 8. The lowest BCUT2D eigenvalue weighted by molar-refractivity contribution is -0.124. The smallest absolute Gasteiger partial charge is 0.262 e. The Kier molecular flexibility index (Phi) is 6.95. The molecule has 0 spiro atoms. The van der Waals surface area contributed by atoms with E-state index in [4.69, 9.17) is 21.3 Å². The van der Waals surface area contributed by atoms with Crippen molar-refractivity contribution in [2.45, 2.75) is 32.1 Å². The molecule has 2 N–H and O–H groups in total. The van der Waals surface area contributed by atoms with E-state index in [1.54, 1.807) is 24.3 Å². The summed E-state index contributed by atoms with van der Waals surface area (Å²) in [4.78, 5) is 29.1. The Bertz CT molecular complexity index is 1100. The van der Waals surface area contributed by atoms with Gasteiger partial charge in [-0.1, -0.05) is 24.4 Å². The second-order valence-corrected chi connectivity index (χ2v) is 8.54. The highest BCUT2D eigenvalue weighted by Crippen LogP contribution is 2.25. The first-order valence-electron chi connectivity index (χ1n) is 10.9. The molecule has 0 radical (unpaired) electrons. The van der Waals surface area contributed by atoms with Crippen molar-refractivity contribution < 1.29 is 14.3 Å². The van der Waals surface area contributed by atoms with E-state index in [1.165, 1.54) is 0 Å². The average molecular weight is 455 g/mol. The van der Waals surface area contributed by atoms with E-state index >= 15 is 0 Å². The van der Waals surface area contributed by atoms with E-state index in [2.05, 4.69) is 10.6 Å². The molecule has 0 atom stereocenters. The zero-order valence-electron chi connectivity index (χ0n) is 18.1. The Morgan fingerprint density at radius 1 is 1.16 bits per heavy atom. The van der Waals surface area contributed by atoms with Crippen molar-refractivity contribution in [1.29, 1.82) is 0 Å². The lowest BCUT2D eigenvalue weighted by atomic mass is 10.1. The number of fused-ring (bicyclic) bond motifs is 1. The lowest BCUT2D eigenvalue weighted by Gasteiger charge is -2.10. The van der Waals surface area contributed by atoms with Gasteiger partial charge in [0.1, 0.15) is 11.6 Å². The third-order valence-corrected chi connectivity index (χ3v) is 6.07. The topological polar surface area (TPSA) is 85.3 Å². The zero-order valence-corrected chi connectivity index (χ0v) is 18.8. The second kappa shape index (κ2) is 10.0. The van der Waals surface area contributed by atoms with E-state index in [0.717, 1.165) is 42.5 Å². The number of hydrogen-bond donors (Lipinski definition) is 2. The Labute approximate surface area is 192 Å². The van der Waals surface area contributed by atoms with E-state index in [1.807, 2.05) is 29.8 Å². The maximum atomic E-state index is 12.2. The fourth-order valence-electron chi connectivity index (χ4n) is 4.06. The Hall–Kier alpha value is -3.06. The quantitative estimate of drug-likeness (QED) is 0.536. The molecule has 4 rings (SSSR count). The van der Waals surface area contributed by atoms with Gasteiger partial charge in [0.25, 0.3) is 5.91 Å². The summed E-state index contributed by atoms with van der Waals surface area (Å²) in [5, 5.41) is 6.49. The number of halogens is 1. The minimum atomic E-state index is -0.259. The summed E-state index contributed by atoms with van der Waals surface area (Å²) in [5.41, 5.74) is 2.42. The number of aromatic nitrogens is 2. The van der Waals surface area contributed by atoms with E-state index in [9.17, 15) is 9.59 Å². The maximum Gasteiger partial charge on any atom is 0.262 e. The van der Waals surface area contributed by atoms with Gasteiger partial charge >= 0.3 is 0 Å². The molecule has 0 aliphatic heterocycles. The number of ether oxygens (including phenoxy) is 1. The van der Waals surface area contributed by atoms with Crippen molar-refractivity contribution in [3.05, 3.63) is 53.3 Å². The third kappa shape index (κ3) is 5.40. The monoisotopic (exact) mass is 454 g/mol. The first kappa shape index (κ1) is 22.1. The molecule has 0 unspecified atom stereocenters. The summed E-state index contributed by atoms with van der Waals surface area (Å²) in [6.07, 6.45) is 4.94. The molecular formula is C24H27ClN4O3. The van der Waals surface area contributed by atoms with Gasteiger partial charge in [-0.15, -0.1) is 0 Å². The molecule has 8 heteroatoms. The molecule has 1 aliphatic carbocycles. The number of anilines is 1. The molecule has 1 saturated carbocycles. The van der Waals surface area contributed by atoms with Crippen molar-refractivity contribution in [2.75, 3.05) is 18.5 Å². The van der Waals surface area contributed by atoms with Gasteiger partial charge in [0.15, 0.2) is 6.61 Å². The van der Waals surface area contributed by atoms with E-state index < -0.39 is 0 Å². The van der Waals surface area contributed by atoms with Crippen molar-refractivity contribution in [3.63, 3.8) is 0 Å². The van der Waals surface area contributed by atoms with Crippen LogP contribution in [-0.2, 0) is 23.1 Å². The lowest BCUT2D eigenvalue weighted by Crippen LogP contribution is -2.31. The van der Waals surface area contributed by atoms with Crippen LogP contribution in [0.5, 0.6) is 5.75 Å². The van der Waals surface area contributed by atoms with Crippen LogP contribution in [0.4, 0.5) is 5.69 Å². The van der Waals surface area contributed by atoms with Gasteiger partial charge in [0.05, 0.1) is 11.0 Å². The summed E-state index contributed by atoms with van der Waals surface area (Å²) in [6, 6.07) is 12.5. The highest BCUT2D eigenvalue weighted by molar-refractivity contribution is 6.30. The summed E-state index contributed by atoms with van der Waals surface area (Å²) < 4.78 is 7.50. The number of carbonyl (C=O) groups is 2. The van der Waals surface area contributed by atoms with Gasteiger partial charge in [-0.3, -0.25) is 9.59 Å². The number of nitrogens with one attached hydrogen (secondary N) is 2. The van der Waals surface area contributed by atoms with Gasteiger partial charge in [-0.25, -0.2) is 4.98 Å². The molecule has 1 aliphatic rings. The Morgan fingerprint density at radius 2 is 1.91 bits per heavy atom. The molecule has 2 amide bonds. The van der Waals surface area contributed by atoms with Crippen LogP contribution in [-0.4, -0.2) is 34.5 Å². The molecule has 0 bridgehead atoms. The summed E-state index contributed by atoms with van der Waals surface area (Å²) in [6.45, 7) is 0.464. The van der Waals surface area contributed by atoms with E-state index in [0.29, 0.717) is 29.4 Å². The Balaban J connectivity index is 1.32. The highest BCUT2D eigenvalue weighted by atomic mass is 35.5.